The third-order valence-corrected chi connectivity index (χ3v) is 5.99. The minimum absolute atomic E-state index is 0.0135. The summed E-state index contributed by atoms with van der Waals surface area (Å²) in [6.07, 6.45) is -2.30. The summed E-state index contributed by atoms with van der Waals surface area (Å²) in [6.45, 7) is 1.36. The van der Waals surface area contributed by atoms with E-state index in [1.165, 1.54) is 29.4 Å². The smallest absolute Gasteiger partial charge is 0.297 e. The molecule has 1 fully saturated rings. The molecule has 4 atom stereocenters. The number of hydrogen-bond donors (Lipinski definition) is 3. The maximum Gasteiger partial charge on any atom is 0.297 e. The molecule has 0 saturated carbocycles. The normalized spacial score (nSPS) is 24.9. The van der Waals surface area contributed by atoms with Gasteiger partial charge in [-0.15, -0.1) is 0 Å². The van der Waals surface area contributed by atoms with E-state index in [1.807, 2.05) is 6.92 Å². The Morgan fingerprint density at radius 1 is 1.17 bits per heavy atom. The standard InChI is InChI=1S/C17H19N5O6S/c1-9-2-4-10(5-3-9)29(25,26)27-6-11-13(23)14(24)17(28-11)22-8-21-12-15(18)19-7-20-16(12)22/h2-5,7-8,11,13-14,17,23-24H,6H2,1H3,(H2,18,19,20)/t11?,13-,14-,17?/m0/s1. The van der Waals surface area contributed by atoms with E-state index in [0.29, 0.717) is 11.2 Å². The van der Waals surface area contributed by atoms with Crippen molar-refractivity contribution in [3.63, 3.8) is 0 Å². The topological polar surface area (TPSA) is 163 Å². The van der Waals surface area contributed by atoms with Crippen LogP contribution in [0.15, 0.2) is 41.8 Å². The van der Waals surface area contributed by atoms with Gasteiger partial charge in [-0.1, -0.05) is 17.7 Å². The monoisotopic (exact) mass is 421 g/mol. The average Bonchev–Trinajstić information content (AvgIpc) is 3.24. The lowest BCUT2D eigenvalue weighted by Gasteiger charge is -2.16. The summed E-state index contributed by atoms with van der Waals surface area (Å²) in [6, 6.07) is 6.15. The summed E-state index contributed by atoms with van der Waals surface area (Å²) < 4.78 is 36.8. The molecule has 2 aromatic heterocycles. The molecule has 29 heavy (non-hydrogen) atoms. The summed E-state index contributed by atoms with van der Waals surface area (Å²) in [5.74, 6) is 0.158. The molecule has 0 spiro atoms. The fourth-order valence-electron chi connectivity index (χ4n) is 3.08. The van der Waals surface area contributed by atoms with Gasteiger partial charge in [0.15, 0.2) is 17.7 Å². The Hall–Kier alpha value is -2.64. The van der Waals surface area contributed by atoms with Crippen molar-refractivity contribution in [3.05, 3.63) is 42.5 Å². The number of nitrogens with zero attached hydrogens (tertiary/aromatic N) is 4. The summed E-state index contributed by atoms with van der Waals surface area (Å²) in [4.78, 5) is 12.0. The molecule has 3 aromatic rings. The second-order valence-corrected chi connectivity index (χ2v) is 8.30. The SMILES string of the molecule is Cc1ccc(S(=O)(=O)OCC2OC(n3cnc4c(N)ncnc43)[C@@H](O)[C@H]2O)cc1. The fraction of sp³-hybridized carbons (Fsp3) is 0.353. The van der Waals surface area contributed by atoms with E-state index in [4.69, 9.17) is 14.7 Å². The van der Waals surface area contributed by atoms with Gasteiger partial charge in [0, 0.05) is 0 Å². The van der Waals surface area contributed by atoms with Gasteiger partial charge in [-0.2, -0.15) is 8.42 Å². The molecule has 0 radical (unpaired) electrons. The number of aromatic nitrogens is 4. The summed E-state index contributed by atoms with van der Waals surface area (Å²) in [5.41, 5.74) is 7.28. The Labute approximate surface area is 165 Å². The number of nitrogens with two attached hydrogens (primary N) is 1. The molecule has 2 unspecified atom stereocenters. The van der Waals surface area contributed by atoms with E-state index >= 15 is 0 Å². The maximum atomic E-state index is 12.3. The minimum atomic E-state index is -4.05. The van der Waals surface area contributed by atoms with Gasteiger partial charge in [0.2, 0.25) is 0 Å². The highest BCUT2D eigenvalue weighted by Gasteiger charge is 2.45. The highest BCUT2D eigenvalue weighted by molar-refractivity contribution is 7.86. The molecule has 0 amide bonds. The molecule has 1 aromatic carbocycles. The Morgan fingerprint density at radius 3 is 2.62 bits per heavy atom. The summed E-state index contributed by atoms with van der Waals surface area (Å²) >= 11 is 0. The lowest BCUT2D eigenvalue weighted by atomic mass is 10.1. The lowest BCUT2D eigenvalue weighted by molar-refractivity contribution is -0.0467. The zero-order chi connectivity index (χ0) is 20.8. The molecular formula is C17H19N5O6S. The van der Waals surface area contributed by atoms with Crippen molar-refractivity contribution in [2.75, 3.05) is 12.3 Å². The van der Waals surface area contributed by atoms with Crippen LogP contribution in [-0.2, 0) is 19.0 Å². The van der Waals surface area contributed by atoms with Crippen molar-refractivity contribution in [1.29, 1.82) is 0 Å². The van der Waals surface area contributed by atoms with Gasteiger partial charge in [0.05, 0.1) is 17.8 Å². The molecule has 4 rings (SSSR count). The van der Waals surface area contributed by atoms with Crippen LogP contribution in [-0.4, -0.2) is 63.1 Å². The van der Waals surface area contributed by atoms with Crippen molar-refractivity contribution < 1.29 is 27.6 Å². The molecule has 3 heterocycles. The van der Waals surface area contributed by atoms with Crippen LogP contribution in [0.2, 0.25) is 0 Å². The highest BCUT2D eigenvalue weighted by Crippen LogP contribution is 2.32. The van der Waals surface area contributed by atoms with Gasteiger partial charge >= 0.3 is 0 Å². The molecule has 4 N–H and O–H groups in total. The summed E-state index contributed by atoms with van der Waals surface area (Å²) in [7, 11) is -4.05. The quantitative estimate of drug-likeness (QED) is 0.468. The zero-order valence-corrected chi connectivity index (χ0v) is 16.1. The van der Waals surface area contributed by atoms with E-state index in [1.54, 1.807) is 12.1 Å². The lowest BCUT2D eigenvalue weighted by Crippen LogP contribution is -2.34. The number of ether oxygens (including phenoxy) is 1. The Balaban J connectivity index is 1.51. The molecule has 0 aliphatic carbocycles. The number of hydrogen-bond acceptors (Lipinski definition) is 10. The second-order valence-electron chi connectivity index (χ2n) is 6.68. The van der Waals surface area contributed by atoms with Crippen LogP contribution in [0.4, 0.5) is 5.82 Å². The van der Waals surface area contributed by atoms with Gasteiger partial charge in [0.25, 0.3) is 10.1 Å². The number of fused-ring (bicyclic) bond motifs is 1. The fourth-order valence-corrected chi connectivity index (χ4v) is 4.00. The average molecular weight is 421 g/mol. The number of rotatable bonds is 5. The van der Waals surface area contributed by atoms with Crippen LogP contribution in [0.25, 0.3) is 11.2 Å². The van der Waals surface area contributed by atoms with Crippen molar-refractivity contribution in [1.82, 2.24) is 19.5 Å². The molecule has 1 aliphatic heterocycles. The predicted octanol–water partition coefficient (Wildman–Crippen LogP) is -0.258. The minimum Gasteiger partial charge on any atom is -0.387 e. The van der Waals surface area contributed by atoms with Crippen molar-refractivity contribution >= 4 is 27.1 Å². The predicted molar refractivity (Wildman–Crippen MR) is 100.0 cm³/mol. The molecule has 0 bridgehead atoms. The van der Waals surface area contributed by atoms with E-state index in [-0.39, 0.29) is 10.7 Å². The number of imidazole rings is 1. The van der Waals surface area contributed by atoms with Crippen LogP contribution in [0.5, 0.6) is 0 Å². The number of aryl methyl sites for hydroxylation is 1. The van der Waals surface area contributed by atoms with E-state index < -0.39 is 41.3 Å². The van der Waals surface area contributed by atoms with Crippen LogP contribution in [0, 0.1) is 6.92 Å². The first-order valence-electron chi connectivity index (χ1n) is 8.68. The number of benzene rings is 1. The molecule has 1 aliphatic rings. The Kier molecular flexibility index (Phi) is 4.96. The molecule has 11 nitrogen and oxygen atoms in total. The number of anilines is 1. The van der Waals surface area contributed by atoms with E-state index in [0.717, 1.165) is 5.56 Å². The van der Waals surface area contributed by atoms with Gasteiger partial charge in [-0.05, 0) is 19.1 Å². The highest BCUT2D eigenvalue weighted by atomic mass is 32.2. The van der Waals surface area contributed by atoms with E-state index in [9.17, 15) is 18.6 Å². The Morgan fingerprint density at radius 2 is 1.90 bits per heavy atom. The van der Waals surface area contributed by atoms with Crippen LogP contribution >= 0.6 is 0 Å². The van der Waals surface area contributed by atoms with Gasteiger partial charge in [-0.3, -0.25) is 8.75 Å². The zero-order valence-electron chi connectivity index (χ0n) is 15.3. The van der Waals surface area contributed by atoms with Crippen LogP contribution in [0.3, 0.4) is 0 Å². The Bertz CT molecular complexity index is 1130. The third-order valence-electron chi connectivity index (χ3n) is 4.70. The number of nitrogen functional groups attached to an aromatic ring is 1. The number of aliphatic hydroxyl groups excluding tert-OH is 2. The van der Waals surface area contributed by atoms with Gasteiger partial charge in [-0.25, -0.2) is 15.0 Å². The second kappa shape index (κ2) is 7.31. The summed E-state index contributed by atoms with van der Waals surface area (Å²) in [5, 5.41) is 20.7. The van der Waals surface area contributed by atoms with Crippen molar-refractivity contribution in [3.8, 4) is 0 Å². The first-order chi connectivity index (χ1) is 13.8. The molecule has 154 valence electrons. The third kappa shape index (κ3) is 3.56. The molecular weight excluding hydrogens is 402 g/mol. The largest absolute Gasteiger partial charge is 0.387 e. The van der Waals surface area contributed by atoms with Crippen molar-refractivity contribution in [2.24, 2.45) is 0 Å². The van der Waals surface area contributed by atoms with Crippen LogP contribution < -0.4 is 5.73 Å². The van der Waals surface area contributed by atoms with Gasteiger partial charge < -0.3 is 20.7 Å². The van der Waals surface area contributed by atoms with Crippen molar-refractivity contribution in [2.45, 2.75) is 36.4 Å². The molecule has 1 saturated heterocycles. The number of aliphatic hydroxyl groups is 2. The van der Waals surface area contributed by atoms with E-state index in [2.05, 4.69) is 15.0 Å². The van der Waals surface area contributed by atoms with Crippen LogP contribution in [0.1, 0.15) is 11.8 Å². The first kappa shape index (κ1) is 19.7. The maximum absolute atomic E-state index is 12.3. The molecule has 12 heteroatoms. The first-order valence-corrected chi connectivity index (χ1v) is 10.1. The van der Waals surface area contributed by atoms with Gasteiger partial charge in [0.1, 0.15) is 30.2 Å².